The van der Waals surface area contributed by atoms with E-state index < -0.39 is 48.0 Å². The Bertz CT molecular complexity index is 1040. The van der Waals surface area contributed by atoms with E-state index in [4.69, 9.17) is 26.0 Å². The molecule has 2 atom stereocenters. The first-order chi connectivity index (χ1) is 14.4. The molecular weight excluding hydrogens is 421 g/mol. The van der Waals surface area contributed by atoms with Crippen LogP contribution >= 0.6 is 0 Å². The highest BCUT2D eigenvalue weighted by molar-refractivity contribution is 6.08. The lowest BCUT2D eigenvalue weighted by atomic mass is 10.1. The SMILES string of the molecule is Cc1oc2ccc(OC/C(C=N)=C(/N)C(F)(F)F)cc2c1C(=O)N[C@H](C(N)=O)[C@@H](C)O. The molecule has 2 rings (SSSR count). The molecule has 0 saturated carbocycles. The van der Waals surface area contributed by atoms with Crippen LogP contribution in [0.15, 0.2) is 33.9 Å². The summed E-state index contributed by atoms with van der Waals surface area (Å²) in [6.07, 6.45) is -5.61. The van der Waals surface area contributed by atoms with Crippen molar-refractivity contribution in [2.75, 3.05) is 6.61 Å². The van der Waals surface area contributed by atoms with Gasteiger partial charge in [0, 0.05) is 17.2 Å². The average molecular weight is 442 g/mol. The number of hydrogen-bond donors (Lipinski definition) is 5. The quantitative estimate of drug-likeness (QED) is 0.389. The Morgan fingerprint density at radius 1 is 1.35 bits per heavy atom. The Hall–Kier alpha value is -3.54. The number of rotatable bonds is 8. The van der Waals surface area contributed by atoms with E-state index in [2.05, 4.69) is 5.32 Å². The molecule has 1 heterocycles. The fraction of sp³-hybridized carbons (Fsp3) is 0.316. The third-order valence-electron chi connectivity index (χ3n) is 4.36. The summed E-state index contributed by atoms with van der Waals surface area (Å²) in [5.74, 6) is -1.41. The van der Waals surface area contributed by atoms with Crippen molar-refractivity contribution >= 4 is 29.0 Å². The molecule has 9 nitrogen and oxygen atoms in total. The molecule has 168 valence electrons. The number of aryl methyl sites for hydroxylation is 1. The Morgan fingerprint density at radius 3 is 2.52 bits per heavy atom. The van der Waals surface area contributed by atoms with Gasteiger partial charge in [-0.05, 0) is 32.0 Å². The molecule has 2 amide bonds. The standard InChI is InChI=1S/C19H21F3N4O5/c1-8(27)15(17(25)28)26-18(29)14-9(2)31-13-4-3-11(5-12(13)14)30-7-10(6-23)16(24)19(20,21)22/h3-6,8,15,23,27H,7,24H2,1-2H3,(H2,25,28)(H,26,29)/b16-10+,23-6?/t8-,15+/m1/s1. The monoisotopic (exact) mass is 442 g/mol. The van der Waals surface area contributed by atoms with Crippen molar-refractivity contribution in [2.24, 2.45) is 11.5 Å². The first-order valence-electron chi connectivity index (χ1n) is 8.87. The number of amides is 2. The number of nitrogens with two attached hydrogens (primary N) is 2. The summed E-state index contributed by atoms with van der Waals surface area (Å²) in [4.78, 5) is 24.1. The molecule has 7 N–H and O–H groups in total. The zero-order valence-corrected chi connectivity index (χ0v) is 16.5. The summed E-state index contributed by atoms with van der Waals surface area (Å²) in [5, 5.41) is 19.3. The van der Waals surface area contributed by atoms with E-state index in [9.17, 15) is 27.9 Å². The predicted octanol–water partition coefficient (Wildman–Crippen LogP) is 1.51. The number of allylic oxidation sites excluding steroid dienone is 1. The van der Waals surface area contributed by atoms with E-state index in [0.717, 1.165) is 0 Å². The maximum Gasteiger partial charge on any atom is 0.431 e. The van der Waals surface area contributed by atoms with Gasteiger partial charge in [0.15, 0.2) is 0 Å². The van der Waals surface area contributed by atoms with Crippen LogP contribution in [0.3, 0.4) is 0 Å². The second-order valence-corrected chi connectivity index (χ2v) is 6.66. The van der Waals surface area contributed by atoms with Gasteiger partial charge >= 0.3 is 6.18 Å². The van der Waals surface area contributed by atoms with E-state index in [0.29, 0.717) is 6.21 Å². The van der Waals surface area contributed by atoms with Gasteiger partial charge in [-0.1, -0.05) is 0 Å². The minimum Gasteiger partial charge on any atom is -0.489 e. The Kier molecular flexibility index (Phi) is 6.95. The van der Waals surface area contributed by atoms with E-state index in [1.165, 1.54) is 32.0 Å². The number of halogens is 3. The minimum absolute atomic E-state index is 0.0324. The average Bonchev–Trinajstić information content (AvgIpc) is 3.00. The van der Waals surface area contributed by atoms with Gasteiger partial charge in [0.25, 0.3) is 5.91 Å². The lowest BCUT2D eigenvalue weighted by molar-refractivity contribution is -0.122. The number of carbonyl (C=O) groups excluding carboxylic acids is 2. The number of aliphatic hydroxyl groups excluding tert-OH is 1. The third kappa shape index (κ3) is 5.34. The molecule has 0 bridgehead atoms. The van der Waals surface area contributed by atoms with Gasteiger partial charge in [-0.25, -0.2) is 0 Å². The lowest BCUT2D eigenvalue weighted by Crippen LogP contribution is -2.50. The molecule has 0 aliphatic heterocycles. The first kappa shape index (κ1) is 23.7. The minimum atomic E-state index is -4.81. The second-order valence-electron chi connectivity index (χ2n) is 6.66. The summed E-state index contributed by atoms with van der Waals surface area (Å²) in [6.45, 7) is 2.14. The van der Waals surface area contributed by atoms with Gasteiger partial charge in [0.1, 0.15) is 35.4 Å². The topological polar surface area (TPSA) is 165 Å². The molecule has 31 heavy (non-hydrogen) atoms. The van der Waals surface area contributed by atoms with E-state index in [-0.39, 0.29) is 28.0 Å². The smallest absolute Gasteiger partial charge is 0.431 e. The third-order valence-corrected chi connectivity index (χ3v) is 4.36. The summed E-state index contributed by atoms with van der Waals surface area (Å²) < 4.78 is 49.0. The molecule has 0 saturated heterocycles. The van der Waals surface area contributed by atoms with Crippen molar-refractivity contribution in [3.8, 4) is 5.75 Å². The van der Waals surface area contributed by atoms with Crippen molar-refractivity contribution in [2.45, 2.75) is 32.2 Å². The summed E-state index contributed by atoms with van der Waals surface area (Å²) in [6, 6.07) is 2.85. The molecular formula is C19H21F3N4O5. The van der Waals surface area contributed by atoms with Gasteiger partial charge in [-0.3, -0.25) is 9.59 Å². The van der Waals surface area contributed by atoms with Gasteiger partial charge in [-0.15, -0.1) is 0 Å². The van der Waals surface area contributed by atoms with Gasteiger partial charge < -0.3 is 36.5 Å². The van der Waals surface area contributed by atoms with E-state index in [1.54, 1.807) is 0 Å². The predicted molar refractivity (Wildman–Crippen MR) is 105 cm³/mol. The zero-order valence-electron chi connectivity index (χ0n) is 16.5. The summed E-state index contributed by atoms with van der Waals surface area (Å²) >= 11 is 0. The summed E-state index contributed by atoms with van der Waals surface area (Å²) in [5.41, 5.74) is 8.49. The highest BCUT2D eigenvalue weighted by atomic mass is 19.4. The lowest BCUT2D eigenvalue weighted by Gasteiger charge is -2.17. The second kappa shape index (κ2) is 9.08. The first-order valence-corrected chi connectivity index (χ1v) is 8.87. The number of ether oxygens (including phenoxy) is 1. The molecule has 1 aromatic heterocycles. The molecule has 0 radical (unpaired) electrons. The number of alkyl halides is 3. The van der Waals surface area contributed by atoms with E-state index in [1.807, 2.05) is 0 Å². The molecule has 0 aliphatic rings. The molecule has 0 unspecified atom stereocenters. The van der Waals surface area contributed by atoms with Crippen LogP contribution in [-0.4, -0.2) is 48.1 Å². The van der Waals surface area contributed by atoms with Gasteiger partial charge in [0.05, 0.1) is 11.7 Å². The molecule has 0 aliphatic carbocycles. The van der Waals surface area contributed by atoms with Crippen molar-refractivity contribution < 1.29 is 37.0 Å². The molecule has 0 spiro atoms. The number of benzene rings is 1. The van der Waals surface area contributed by atoms with Crippen molar-refractivity contribution in [1.29, 1.82) is 5.41 Å². The maximum atomic E-state index is 12.7. The number of aliphatic hydroxyl groups is 1. The fourth-order valence-corrected chi connectivity index (χ4v) is 2.75. The normalized spacial score (nSPS) is 14.5. The number of carbonyl (C=O) groups is 2. The number of fused-ring (bicyclic) bond motifs is 1. The molecule has 12 heteroatoms. The number of nitrogens with one attached hydrogen (secondary N) is 2. The summed E-state index contributed by atoms with van der Waals surface area (Å²) in [7, 11) is 0. The van der Waals surface area contributed by atoms with Gasteiger partial charge in [-0.2, -0.15) is 13.2 Å². The Morgan fingerprint density at radius 2 is 2.00 bits per heavy atom. The Labute approximate surface area is 174 Å². The maximum absolute atomic E-state index is 12.7. The molecule has 2 aromatic rings. The van der Waals surface area contributed by atoms with Crippen molar-refractivity contribution in [3.63, 3.8) is 0 Å². The number of primary amides is 1. The molecule has 1 aromatic carbocycles. The largest absolute Gasteiger partial charge is 0.489 e. The number of furan rings is 1. The highest BCUT2D eigenvalue weighted by Gasteiger charge is 2.34. The van der Waals surface area contributed by atoms with E-state index >= 15 is 0 Å². The van der Waals surface area contributed by atoms with Gasteiger partial charge in [0.2, 0.25) is 5.91 Å². The van der Waals surface area contributed by atoms with Crippen LogP contribution in [0.1, 0.15) is 23.0 Å². The molecule has 0 fully saturated rings. The van der Waals surface area contributed by atoms with Crippen LogP contribution in [0.5, 0.6) is 5.75 Å². The number of hydrogen-bond acceptors (Lipinski definition) is 7. The zero-order chi connectivity index (χ0) is 23.5. The van der Waals surface area contributed by atoms with Crippen LogP contribution in [0.4, 0.5) is 13.2 Å². The highest BCUT2D eigenvalue weighted by Crippen LogP contribution is 2.30. The van der Waals surface area contributed by atoms with Crippen molar-refractivity contribution in [1.82, 2.24) is 5.32 Å². The van der Waals surface area contributed by atoms with Crippen LogP contribution in [0.2, 0.25) is 0 Å². The fourth-order valence-electron chi connectivity index (χ4n) is 2.75. The van der Waals surface area contributed by atoms with Crippen molar-refractivity contribution in [3.05, 3.63) is 40.8 Å². The van der Waals surface area contributed by atoms with Crippen LogP contribution in [-0.2, 0) is 4.79 Å². The van der Waals surface area contributed by atoms with Crippen LogP contribution in [0.25, 0.3) is 11.0 Å². The Balaban J connectivity index is 2.35. The van der Waals surface area contributed by atoms with Crippen LogP contribution in [0, 0.1) is 12.3 Å². The van der Waals surface area contributed by atoms with Crippen LogP contribution < -0.4 is 21.5 Å².